The van der Waals surface area contributed by atoms with Gasteiger partial charge in [0.15, 0.2) is 15.0 Å². The van der Waals surface area contributed by atoms with Crippen molar-refractivity contribution in [2.24, 2.45) is 7.05 Å². The van der Waals surface area contributed by atoms with Crippen LogP contribution in [0.15, 0.2) is 11.5 Å². The van der Waals surface area contributed by atoms with E-state index in [2.05, 4.69) is 15.4 Å². The Hall–Kier alpha value is -0.600. The van der Waals surface area contributed by atoms with Crippen LogP contribution in [0.3, 0.4) is 0 Å². The number of rotatable bonds is 5. The zero-order valence-corrected chi connectivity index (χ0v) is 11.3. The summed E-state index contributed by atoms with van der Waals surface area (Å²) in [7, 11) is -0.925. The van der Waals surface area contributed by atoms with Crippen molar-refractivity contribution in [1.82, 2.24) is 20.1 Å². The van der Waals surface area contributed by atoms with Crippen LogP contribution in [-0.2, 0) is 16.9 Å². The number of hydrogen-bond donors (Lipinski definition) is 1. The molecular weight excluding hydrogens is 260 g/mol. The van der Waals surface area contributed by atoms with E-state index < -0.39 is 9.84 Å². The second-order valence-corrected chi connectivity index (χ2v) is 7.36. The Labute approximate surface area is 105 Å². The van der Waals surface area contributed by atoms with Gasteiger partial charge in [-0.25, -0.2) is 18.1 Å². The van der Waals surface area contributed by atoms with Crippen LogP contribution in [0.25, 0.3) is 0 Å². The number of hydrogen-bond acceptors (Lipinski definition) is 6. The Bertz CT molecular complexity index is 471. The average Bonchev–Trinajstić information content (AvgIpc) is 2.80. The monoisotopic (exact) mass is 276 g/mol. The van der Waals surface area contributed by atoms with Crippen molar-refractivity contribution in [3.05, 3.63) is 6.33 Å². The molecule has 1 atom stereocenters. The molecule has 2 rings (SSSR count). The summed E-state index contributed by atoms with van der Waals surface area (Å²) in [6.45, 7) is 0.789. The lowest BCUT2D eigenvalue weighted by Gasteiger charge is -2.09. The summed E-state index contributed by atoms with van der Waals surface area (Å²) in [4.78, 5) is 4.10. The molecule has 0 aromatic carbocycles. The predicted octanol–water partition coefficient (Wildman–Crippen LogP) is -0.316. The quantitative estimate of drug-likeness (QED) is 0.587. The highest BCUT2D eigenvalue weighted by Gasteiger charge is 2.26. The van der Waals surface area contributed by atoms with Gasteiger partial charge in [0.1, 0.15) is 6.33 Å². The molecule has 1 N–H and O–H groups in total. The van der Waals surface area contributed by atoms with Crippen molar-refractivity contribution < 1.29 is 8.42 Å². The van der Waals surface area contributed by atoms with E-state index in [1.807, 2.05) is 7.05 Å². The van der Waals surface area contributed by atoms with E-state index in [1.54, 1.807) is 16.4 Å². The highest BCUT2D eigenvalue weighted by molar-refractivity contribution is 7.99. The molecule has 1 aromatic heterocycles. The highest BCUT2D eigenvalue weighted by Crippen LogP contribution is 2.13. The summed E-state index contributed by atoms with van der Waals surface area (Å²) in [5.41, 5.74) is 0. The van der Waals surface area contributed by atoms with E-state index in [9.17, 15) is 8.42 Å². The molecule has 6 nitrogen and oxygen atoms in total. The van der Waals surface area contributed by atoms with Gasteiger partial charge < -0.3 is 5.32 Å². The van der Waals surface area contributed by atoms with Gasteiger partial charge in [-0.2, -0.15) is 5.10 Å². The zero-order chi connectivity index (χ0) is 12.3. The van der Waals surface area contributed by atoms with E-state index in [0.717, 1.165) is 23.9 Å². The van der Waals surface area contributed by atoms with Gasteiger partial charge in [-0.15, -0.1) is 0 Å². The molecule has 0 radical (unpaired) electrons. The summed E-state index contributed by atoms with van der Waals surface area (Å²) in [6.07, 6.45) is 2.26. The maximum atomic E-state index is 11.2. The summed E-state index contributed by atoms with van der Waals surface area (Å²) in [6, 6.07) is 0.125. The molecule has 1 aliphatic rings. The topological polar surface area (TPSA) is 76.9 Å². The van der Waals surface area contributed by atoms with Crippen molar-refractivity contribution in [3.63, 3.8) is 0 Å². The third kappa shape index (κ3) is 3.68. The fourth-order valence-electron chi connectivity index (χ4n) is 1.78. The van der Waals surface area contributed by atoms with Gasteiger partial charge in [-0.3, -0.25) is 0 Å². The van der Waals surface area contributed by atoms with Gasteiger partial charge in [-0.05, 0) is 6.42 Å². The van der Waals surface area contributed by atoms with Crippen LogP contribution in [-0.4, -0.2) is 53.0 Å². The van der Waals surface area contributed by atoms with E-state index in [4.69, 9.17) is 0 Å². The fourth-order valence-corrected chi connectivity index (χ4v) is 4.24. The van der Waals surface area contributed by atoms with Gasteiger partial charge in [0.25, 0.3) is 0 Å². The van der Waals surface area contributed by atoms with Crippen molar-refractivity contribution in [3.8, 4) is 0 Å². The Morgan fingerprint density at radius 1 is 1.65 bits per heavy atom. The predicted molar refractivity (Wildman–Crippen MR) is 66.8 cm³/mol. The van der Waals surface area contributed by atoms with Gasteiger partial charge >= 0.3 is 0 Å². The number of nitrogens with zero attached hydrogens (tertiary/aromatic N) is 3. The smallest absolute Gasteiger partial charge is 0.185 e. The zero-order valence-electron chi connectivity index (χ0n) is 9.66. The molecule has 0 bridgehead atoms. The van der Waals surface area contributed by atoms with Crippen molar-refractivity contribution >= 4 is 21.6 Å². The molecule has 1 aliphatic heterocycles. The van der Waals surface area contributed by atoms with Crippen molar-refractivity contribution in [1.29, 1.82) is 0 Å². The van der Waals surface area contributed by atoms with Crippen LogP contribution >= 0.6 is 11.8 Å². The van der Waals surface area contributed by atoms with E-state index in [1.165, 1.54) is 6.33 Å². The Kier molecular flexibility index (Phi) is 4.05. The van der Waals surface area contributed by atoms with Gasteiger partial charge in [0.05, 0.1) is 11.5 Å². The molecular formula is C9H16N4O2S2. The Morgan fingerprint density at radius 2 is 2.47 bits per heavy atom. The van der Waals surface area contributed by atoms with Crippen LogP contribution < -0.4 is 5.32 Å². The van der Waals surface area contributed by atoms with Crippen LogP contribution in [0.1, 0.15) is 6.42 Å². The first kappa shape index (κ1) is 12.8. The standard InChI is InChI=1S/C9H16N4O2S2/c1-13-9(11-7-12-13)16-4-3-10-8-2-5-17(14,15)6-8/h7-8,10H,2-6H2,1H3. The second kappa shape index (κ2) is 5.36. The third-order valence-electron chi connectivity index (χ3n) is 2.67. The molecule has 0 spiro atoms. The minimum atomic E-state index is -2.78. The number of sulfone groups is 1. The minimum Gasteiger partial charge on any atom is -0.312 e. The number of thioether (sulfide) groups is 1. The number of aromatic nitrogens is 3. The molecule has 8 heteroatoms. The van der Waals surface area contributed by atoms with Crippen LogP contribution in [0, 0.1) is 0 Å². The molecule has 2 heterocycles. The number of aryl methyl sites for hydroxylation is 1. The Balaban J connectivity index is 1.66. The maximum Gasteiger partial charge on any atom is 0.185 e. The Morgan fingerprint density at radius 3 is 3.06 bits per heavy atom. The lowest BCUT2D eigenvalue weighted by molar-refractivity contribution is 0.574. The first-order chi connectivity index (χ1) is 8.07. The van der Waals surface area contributed by atoms with Crippen molar-refractivity contribution in [2.75, 3.05) is 23.8 Å². The summed E-state index contributed by atoms with van der Waals surface area (Å²) >= 11 is 1.61. The first-order valence-electron chi connectivity index (χ1n) is 5.47. The van der Waals surface area contributed by atoms with Gasteiger partial charge in [-0.1, -0.05) is 11.8 Å². The molecule has 0 amide bonds. The van der Waals surface area contributed by atoms with E-state index >= 15 is 0 Å². The largest absolute Gasteiger partial charge is 0.312 e. The minimum absolute atomic E-state index is 0.125. The second-order valence-electron chi connectivity index (χ2n) is 4.07. The number of nitrogens with one attached hydrogen (secondary N) is 1. The molecule has 17 heavy (non-hydrogen) atoms. The van der Waals surface area contributed by atoms with Gasteiger partial charge in [0, 0.05) is 25.4 Å². The average molecular weight is 276 g/mol. The highest BCUT2D eigenvalue weighted by atomic mass is 32.2. The molecule has 1 aromatic rings. The summed E-state index contributed by atoms with van der Waals surface area (Å²) < 4.78 is 24.2. The SMILES string of the molecule is Cn1ncnc1SCCNC1CCS(=O)(=O)C1. The molecule has 0 aliphatic carbocycles. The normalized spacial score (nSPS) is 23.0. The summed E-state index contributed by atoms with van der Waals surface area (Å²) in [5, 5.41) is 8.12. The molecule has 96 valence electrons. The van der Waals surface area contributed by atoms with Gasteiger partial charge in [0.2, 0.25) is 0 Å². The van der Waals surface area contributed by atoms with E-state index in [0.29, 0.717) is 5.75 Å². The van der Waals surface area contributed by atoms with Crippen LogP contribution in [0.4, 0.5) is 0 Å². The first-order valence-corrected chi connectivity index (χ1v) is 8.28. The fraction of sp³-hybridized carbons (Fsp3) is 0.778. The van der Waals surface area contributed by atoms with Crippen LogP contribution in [0.2, 0.25) is 0 Å². The van der Waals surface area contributed by atoms with Crippen molar-refractivity contribution in [2.45, 2.75) is 17.6 Å². The molecule has 1 unspecified atom stereocenters. The lowest BCUT2D eigenvalue weighted by atomic mass is 10.3. The lowest BCUT2D eigenvalue weighted by Crippen LogP contribution is -2.31. The third-order valence-corrected chi connectivity index (χ3v) is 5.47. The maximum absolute atomic E-state index is 11.2. The molecule has 1 saturated heterocycles. The molecule has 1 fully saturated rings. The molecule has 0 saturated carbocycles. The van der Waals surface area contributed by atoms with E-state index in [-0.39, 0.29) is 11.8 Å². The summed E-state index contributed by atoms with van der Waals surface area (Å²) in [5.74, 6) is 1.46. The van der Waals surface area contributed by atoms with Crippen LogP contribution in [0.5, 0.6) is 0 Å².